The number of nitrogens with zero attached hydrogens (tertiary/aromatic N) is 1. The number of hydrogen-bond acceptors (Lipinski definition) is 3. The maximum Gasteiger partial charge on any atom is 0.242 e. The van der Waals surface area contributed by atoms with E-state index in [0.717, 1.165) is 5.56 Å². The predicted molar refractivity (Wildman–Crippen MR) is 81.9 cm³/mol. The van der Waals surface area contributed by atoms with E-state index in [9.17, 15) is 9.59 Å². The zero-order valence-corrected chi connectivity index (χ0v) is 12.8. The average molecular weight is 320 g/mol. The van der Waals surface area contributed by atoms with E-state index in [2.05, 4.69) is 5.32 Å². The molecule has 0 unspecified atom stereocenters. The van der Waals surface area contributed by atoms with Gasteiger partial charge in [-0.3, -0.25) is 9.59 Å². The molecule has 0 fully saturated rings. The molecule has 0 aliphatic rings. The Kier molecular flexibility index (Phi) is 8.96. The number of likely N-dealkylation sites (N-methyl/N-ethyl adjacent to an activating group) is 1. The first kappa shape index (κ1) is 18.7. The highest BCUT2D eigenvalue weighted by Gasteiger charge is 2.14. The molecule has 3 N–H and O–H groups in total. The molecule has 1 rings (SSSR count). The predicted octanol–water partition coefficient (Wildman–Crippen LogP) is 1.19. The van der Waals surface area contributed by atoms with Crippen LogP contribution in [0.5, 0.6) is 0 Å². The summed E-state index contributed by atoms with van der Waals surface area (Å²) >= 11 is 6.06. The third-order valence-electron chi connectivity index (χ3n) is 2.68. The molecule has 1 aromatic carbocycles. The van der Waals surface area contributed by atoms with E-state index in [1.54, 1.807) is 11.0 Å². The van der Waals surface area contributed by atoms with Crippen molar-refractivity contribution in [2.75, 3.05) is 19.6 Å². The number of halogens is 2. The Bertz CT molecular complexity index is 455. The summed E-state index contributed by atoms with van der Waals surface area (Å²) in [5, 5.41) is 3.08. The van der Waals surface area contributed by atoms with E-state index in [1.807, 2.05) is 25.1 Å². The Morgan fingerprint density at radius 3 is 2.55 bits per heavy atom. The van der Waals surface area contributed by atoms with Gasteiger partial charge in [-0.15, -0.1) is 12.4 Å². The number of hydrogen-bond donors (Lipinski definition) is 2. The largest absolute Gasteiger partial charge is 0.346 e. The molecule has 0 bridgehead atoms. The van der Waals surface area contributed by atoms with E-state index < -0.39 is 0 Å². The van der Waals surface area contributed by atoms with Gasteiger partial charge in [-0.1, -0.05) is 29.8 Å². The van der Waals surface area contributed by atoms with Crippen molar-refractivity contribution in [2.24, 2.45) is 5.73 Å². The minimum Gasteiger partial charge on any atom is -0.346 e. The van der Waals surface area contributed by atoms with Crippen molar-refractivity contribution in [2.45, 2.75) is 13.5 Å². The summed E-state index contributed by atoms with van der Waals surface area (Å²) in [5.41, 5.74) is 6.04. The summed E-state index contributed by atoms with van der Waals surface area (Å²) in [6.07, 6.45) is 0. The fraction of sp³-hybridized carbons (Fsp3) is 0.385. The van der Waals surface area contributed by atoms with Crippen molar-refractivity contribution < 1.29 is 9.59 Å². The second kappa shape index (κ2) is 9.58. The lowest BCUT2D eigenvalue weighted by Gasteiger charge is -2.21. The zero-order chi connectivity index (χ0) is 14.3. The molecule has 5 nitrogen and oxygen atoms in total. The number of nitrogens with two attached hydrogens (primary N) is 1. The molecule has 0 aliphatic heterocycles. The summed E-state index contributed by atoms with van der Waals surface area (Å²) in [6.45, 7) is 2.67. The number of nitrogens with one attached hydrogen (secondary N) is 1. The van der Waals surface area contributed by atoms with Gasteiger partial charge < -0.3 is 16.0 Å². The van der Waals surface area contributed by atoms with Crippen molar-refractivity contribution >= 4 is 35.8 Å². The van der Waals surface area contributed by atoms with Gasteiger partial charge in [-0.2, -0.15) is 0 Å². The molecule has 0 atom stereocenters. The van der Waals surface area contributed by atoms with Gasteiger partial charge in [-0.25, -0.2) is 0 Å². The van der Waals surface area contributed by atoms with Gasteiger partial charge in [0.15, 0.2) is 0 Å². The van der Waals surface area contributed by atoms with Crippen molar-refractivity contribution in [3.63, 3.8) is 0 Å². The smallest absolute Gasteiger partial charge is 0.242 e. The zero-order valence-electron chi connectivity index (χ0n) is 11.3. The number of carbonyl (C=O) groups is 2. The van der Waals surface area contributed by atoms with Crippen LogP contribution in [0.25, 0.3) is 0 Å². The minimum atomic E-state index is -0.345. The molecule has 1 aromatic rings. The lowest BCUT2D eigenvalue weighted by atomic mass is 10.2. The summed E-state index contributed by atoms with van der Waals surface area (Å²) in [4.78, 5) is 24.6. The molecule has 0 aliphatic carbocycles. The SMILES string of the molecule is CCN(Cc1ccccc1Cl)C(=O)CNC(=O)CN.Cl. The molecule has 0 saturated carbocycles. The van der Waals surface area contributed by atoms with Crippen LogP contribution >= 0.6 is 24.0 Å². The normalized spacial score (nSPS) is 9.55. The fourth-order valence-electron chi connectivity index (χ4n) is 1.57. The molecule has 0 spiro atoms. The molecule has 0 aromatic heterocycles. The highest BCUT2D eigenvalue weighted by molar-refractivity contribution is 6.31. The van der Waals surface area contributed by atoms with Crippen molar-refractivity contribution in [3.05, 3.63) is 34.9 Å². The second-order valence-electron chi connectivity index (χ2n) is 3.98. The van der Waals surface area contributed by atoms with Crippen LogP contribution in [0.1, 0.15) is 12.5 Å². The maximum atomic E-state index is 11.9. The molecule has 20 heavy (non-hydrogen) atoms. The lowest BCUT2D eigenvalue weighted by molar-refractivity contribution is -0.132. The van der Waals surface area contributed by atoms with Crippen molar-refractivity contribution in [1.82, 2.24) is 10.2 Å². The van der Waals surface area contributed by atoms with Gasteiger partial charge >= 0.3 is 0 Å². The van der Waals surface area contributed by atoms with E-state index in [4.69, 9.17) is 17.3 Å². The first-order chi connectivity index (χ1) is 9.08. The van der Waals surface area contributed by atoms with Crippen LogP contribution in [-0.2, 0) is 16.1 Å². The number of benzene rings is 1. The van der Waals surface area contributed by atoms with Crippen molar-refractivity contribution in [3.8, 4) is 0 Å². The van der Waals surface area contributed by atoms with E-state index >= 15 is 0 Å². The number of amides is 2. The molecule has 2 amide bonds. The van der Waals surface area contributed by atoms with Gasteiger partial charge in [-0.05, 0) is 18.6 Å². The highest BCUT2D eigenvalue weighted by atomic mass is 35.5. The summed E-state index contributed by atoms with van der Waals surface area (Å²) in [5.74, 6) is -0.508. The molecule has 112 valence electrons. The quantitative estimate of drug-likeness (QED) is 0.826. The summed E-state index contributed by atoms with van der Waals surface area (Å²) in [6, 6.07) is 7.36. The Morgan fingerprint density at radius 1 is 1.35 bits per heavy atom. The standard InChI is InChI=1S/C13H18ClN3O2.ClH/c1-2-17(13(19)8-16-12(18)7-15)9-10-5-3-4-6-11(10)14;/h3-6H,2,7-9,15H2,1H3,(H,16,18);1H. The average Bonchev–Trinajstić information content (AvgIpc) is 2.43. The Balaban J connectivity index is 0.00000361. The van der Waals surface area contributed by atoms with Crippen LogP contribution in [0.2, 0.25) is 5.02 Å². The third kappa shape index (κ3) is 5.77. The molecular weight excluding hydrogens is 301 g/mol. The maximum absolute atomic E-state index is 11.9. The van der Waals surface area contributed by atoms with Crippen molar-refractivity contribution in [1.29, 1.82) is 0 Å². The van der Waals surface area contributed by atoms with Crippen LogP contribution in [0.3, 0.4) is 0 Å². The Morgan fingerprint density at radius 2 is 2.00 bits per heavy atom. The minimum absolute atomic E-state index is 0. The Labute approximate surface area is 129 Å². The first-order valence-corrected chi connectivity index (χ1v) is 6.44. The van der Waals surface area contributed by atoms with Gasteiger partial charge in [0.25, 0.3) is 0 Å². The van der Waals surface area contributed by atoms with Crippen LogP contribution in [-0.4, -0.2) is 36.3 Å². The van der Waals surface area contributed by atoms with Crippen LogP contribution < -0.4 is 11.1 Å². The number of rotatable bonds is 6. The first-order valence-electron chi connectivity index (χ1n) is 6.06. The van der Waals surface area contributed by atoms with Crippen LogP contribution in [0, 0.1) is 0 Å². The molecule has 7 heteroatoms. The van der Waals surface area contributed by atoms with Gasteiger partial charge in [0.1, 0.15) is 0 Å². The molecule has 0 radical (unpaired) electrons. The number of carbonyl (C=O) groups excluding carboxylic acids is 2. The monoisotopic (exact) mass is 319 g/mol. The van der Waals surface area contributed by atoms with E-state index in [0.29, 0.717) is 18.1 Å². The van der Waals surface area contributed by atoms with E-state index in [1.165, 1.54) is 0 Å². The summed E-state index contributed by atoms with van der Waals surface area (Å²) < 4.78 is 0. The van der Waals surface area contributed by atoms with Gasteiger partial charge in [0.05, 0.1) is 13.1 Å². The topological polar surface area (TPSA) is 75.4 Å². The van der Waals surface area contributed by atoms with Crippen LogP contribution in [0.4, 0.5) is 0 Å². The second-order valence-corrected chi connectivity index (χ2v) is 4.39. The van der Waals surface area contributed by atoms with Gasteiger partial charge in [0, 0.05) is 18.1 Å². The fourth-order valence-corrected chi connectivity index (χ4v) is 1.76. The third-order valence-corrected chi connectivity index (χ3v) is 3.04. The molecule has 0 heterocycles. The molecular formula is C13H19Cl2N3O2. The van der Waals surface area contributed by atoms with Crippen LogP contribution in [0.15, 0.2) is 24.3 Å². The summed E-state index contributed by atoms with van der Waals surface area (Å²) in [7, 11) is 0. The van der Waals surface area contributed by atoms with E-state index in [-0.39, 0.29) is 37.3 Å². The highest BCUT2D eigenvalue weighted by Crippen LogP contribution is 2.16. The van der Waals surface area contributed by atoms with Gasteiger partial charge in [0.2, 0.25) is 11.8 Å². The molecule has 0 saturated heterocycles. The lowest BCUT2D eigenvalue weighted by Crippen LogP contribution is -2.41. The Hall–Kier alpha value is -1.30.